The van der Waals surface area contributed by atoms with Gasteiger partial charge in [-0.05, 0) is 41.7 Å². The average Bonchev–Trinajstić information content (AvgIpc) is 3.20. The van der Waals surface area contributed by atoms with Crippen LogP contribution in [0.25, 0.3) is 11.1 Å². The number of thiocarbonyl (C=S) groups is 1. The van der Waals surface area contributed by atoms with Gasteiger partial charge in [-0.1, -0.05) is 91.1 Å². The summed E-state index contributed by atoms with van der Waals surface area (Å²) in [6.07, 6.45) is -0.567. The number of esters is 1. The van der Waals surface area contributed by atoms with Gasteiger partial charge >= 0.3 is 12.1 Å². The van der Waals surface area contributed by atoms with Crippen molar-refractivity contribution in [1.29, 1.82) is 0 Å². The number of ether oxygens (including phenoxy) is 2. The number of hydrogen-bond acceptors (Lipinski definition) is 5. The van der Waals surface area contributed by atoms with Crippen LogP contribution in [0.3, 0.4) is 0 Å². The first-order valence-electron chi connectivity index (χ1n) is 11.6. The molecule has 1 aliphatic rings. The number of amides is 1. The van der Waals surface area contributed by atoms with Gasteiger partial charge in [0, 0.05) is 5.92 Å². The molecule has 1 aliphatic carbocycles. The molecule has 0 heterocycles. The molecule has 0 bridgehead atoms. The minimum atomic E-state index is -0.655. The van der Waals surface area contributed by atoms with E-state index >= 15 is 0 Å². The van der Waals surface area contributed by atoms with Gasteiger partial charge in [-0.2, -0.15) is 0 Å². The normalized spacial score (nSPS) is 13.7. The van der Waals surface area contributed by atoms with Crippen molar-refractivity contribution in [3.63, 3.8) is 0 Å². The summed E-state index contributed by atoms with van der Waals surface area (Å²) in [6, 6.07) is 24.6. The molecule has 0 aliphatic heterocycles. The number of carbonyl (C=O) groups excluding carboxylic acids is 2. The minimum absolute atomic E-state index is 0.0204. The summed E-state index contributed by atoms with van der Waals surface area (Å²) >= 11 is 5.37. The molecule has 2 N–H and O–H groups in total. The van der Waals surface area contributed by atoms with E-state index in [1.165, 1.54) is 11.1 Å². The standard InChI is InChI=1S/C28H28N2O4S/c1-18(26(35)29-19(2)27(31)33-16-20-10-4-3-5-11-20)30-28(32)34-17-25-23-14-8-6-12-21(23)22-13-7-9-15-24(22)25/h3-15,18-19,25H,16-17H2,1-2H3,(H,29,35)(H,30,32). The Morgan fingerprint density at radius 2 is 1.37 bits per heavy atom. The highest BCUT2D eigenvalue weighted by Gasteiger charge is 2.29. The number of benzene rings is 3. The Morgan fingerprint density at radius 3 is 2.00 bits per heavy atom. The Bertz CT molecular complexity index is 1170. The Balaban J connectivity index is 1.25. The van der Waals surface area contributed by atoms with E-state index in [-0.39, 0.29) is 19.1 Å². The first-order valence-corrected chi connectivity index (χ1v) is 12.0. The quantitative estimate of drug-likeness (QED) is 0.345. The highest BCUT2D eigenvalue weighted by atomic mass is 32.1. The Hall–Kier alpha value is -3.71. The van der Waals surface area contributed by atoms with Gasteiger partial charge in [-0.25, -0.2) is 9.59 Å². The molecule has 180 valence electrons. The van der Waals surface area contributed by atoms with E-state index in [0.717, 1.165) is 16.7 Å². The van der Waals surface area contributed by atoms with Crippen molar-refractivity contribution in [2.45, 2.75) is 38.5 Å². The van der Waals surface area contributed by atoms with Crippen LogP contribution in [0.15, 0.2) is 78.9 Å². The van der Waals surface area contributed by atoms with E-state index in [4.69, 9.17) is 21.7 Å². The molecule has 2 unspecified atom stereocenters. The first-order chi connectivity index (χ1) is 16.9. The molecule has 4 rings (SSSR count). The highest BCUT2D eigenvalue weighted by molar-refractivity contribution is 7.80. The number of hydrogen-bond donors (Lipinski definition) is 2. The summed E-state index contributed by atoms with van der Waals surface area (Å²) in [6.45, 7) is 3.80. The molecular formula is C28H28N2O4S. The van der Waals surface area contributed by atoms with Gasteiger partial charge in [0.25, 0.3) is 0 Å². The molecule has 2 atom stereocenters. The van der Waals surface area contributed by atoms with Crippen LogP contribution in [-0.2, 0) is 20.9 Å². The fraction of sp³-hybridized carbons (Fsp3) is 0.250. The number of carbonyl (C=O) groups is 2. The third-order valence-corrected chi connectivity index (χ3v) is 6.48. The molecule has 0 spiro atoms. The monoisotopic (exact) mass is 488 g/mol. The summed E-state index contributed by atoms with van der Waals surface area (Å²) in [5, 5.41) is 5.67. The van der Waals surface area contributed by atoms with Crippen molar-refractivity contribution < 1.29 is 19.1 Å². The van der Waals surface area contributed by atoms with Crippen molar-refractivity contribution in [2.75, 3.05) is 6.61 Å². The van der Waals surface area contributed by atoms with Crippen molar-refractivity contribution >= 4 is 29.3 Å². The average molecular weight is 489 g/mol. The maximum atomic E-state index is 12.5. The predicted octanol–water partition coefficient (Wildman–Crippen LogP) is 4.96. The lowest BCUT2D eigenvalue weighted by Crippen LogP contribution is -2.49. The van der Waals surface area contributed by atoms with Crippen LogP contribution >= 0.6 is 12.2 Å². The second kappa shape index (κ2) is 11.1. The lowest BCUT2D eigenvalue weighted by atomic mass is 9.98. The third kappa shape index (κ3) is 5.87. The molecule has 0 fully saturated rings. The fourth-order valence-electron chi connectivity index (χ4n) is 4.13. The SMILES string of the molecule is CC(NC(=S)C(C)NC(=O)OCC1c2ccccc2-c2ccccc21)C(=O)OCc1ccccc1. The molecule has 3 aromatic rings. The third-order valence-electron chi connectivity index (χ3n) is 6.01. The zero-order valence-corrected chi connectivity index (χ0v) is 20.5. The van der Waals surface area contributed by atoms with E-state index in [2.05, 4.69) is 34.9 Å². The van der Waals surface area contributed by atoms with E-state index in [1.807, 2.05) is 54.6 Å². The second-order valence-electron chi connectivity index (χ2n) is 8.52. The van der Waals surface area contributed by atoms with Crippen LogP contribution in [0.5, 0.6) is 0 Å². The summed E-state index contributed by atoms with van der Waals surface area (Å²) < 4.78 is 10.9. The maximum Gasteiger partial charge on any atom is 0.407 e. The largest absolute Gasteiger partial charge is 0.459 e. The van der Waals surface area contributed by atoms with Gasteiger partial charge in [0.1, 0.15) is 19.3 Å². The molecule has 7 heteroatoms. The summed E-state index contributed by atoms with van der Waals surface area (Å²) in [4.78, 5) is 25.1. The second-order valence-corrected chi connectivity index (χ2v) is 8.95. The Morgan fingerprint density at radius 1 is 0.800 bits per heavy atom. The molecule has 1 amide bonds. The van der Waals surface area contributed by atoms with Crippen molar-refractivity contribution in [3.05, 3.63) is 95.6 Å². The summed E-state index contributed by atoms with van der Waals surface area (Å²) in [7, 11) is 0. The molecule has 0 saturated heterocycles. The van der Waals surface area contributed by atoms with E-state index < -0.39 is 24.1 Å². The lowest BCUT2D eigenvalue weighted by Gasteiger charge is -2.21. The lowest BCUT2D eigenvalue weighted by molar-refractivity contribution is -0.146. The topological polar surface area (TPSA) is 76.7 Å². The number of fused-ring (bicyclic) bond motifs is 3. The molecule has 6 nitrogen and oxygen atoms in total. The van der Waals surface area contributed by atoms with Gasteiger partial charge in [0.2, 0.25) is 0 Å². The van der Waals surface area contributed by atoms with E-state index in [9.17, 15) is 9.59 Å². The van der Waals surface area contributed by atoms with Crippen LogP contribution in [0, 0.1) is 0 Å². The van der Waals surface area contributed by atoms with Gasteiger partial charge in [0.15, 0.2) is 0 Å². The molecule has 0 aromatic heterocycles. The predicted molar refractivity (Wildman–Crippen MR) is 139 cm³/mol. The van der Waals surface area contributed by atoms with Gasteiger partial charge < -0.3 is 20.1 Å². The Kier molecular flexibility index (Phi) is 7.77. The van der Waals surface area contributed by atoms with E-state index in [1.54, 1.807) is 13.8 Å². The van der Waals surface area contributed by atoms with Crippen LogP contribution in [0.1, 0.15) is 36.5 Å². The van der Waals surface area contributed by atoms with Crippen molar-refractivity contribution in [2.24, 2.45) is 0 Å². The van der Waals surface area contributed by atoms with Crippen LogP contribution < -0.4 is 10.6 Å². The molecular weight excluding hydrogens is 460 g/mol. The van der Waals surface area contributed by atoms with Gasteiger partial charge in [-0.3, -0.25) is 0 Å². The van der Waals surface area contributed by atoms with Crippen LogP contribution in [0.4, 0.5) is 4.79 Å². The van der Waals surface area contributed by atoms with Gasteiger partial charge in [0.05, 0.1) is 11.0 Å². The Labute approximate surface area is 210 Å². The number of alkyl carbamates (subject to hydrolysis) is 1. The minimum Gasteiger partial charge on any atom is -0.459 e. The fourth-order valence-corrected chi connectivity index (χ4v) is 4.37. The summed E-state index contributed by atoms with van der Waals surface area (Å²) in [5.41, 5.74) is 5.54. The van der Waals surface area contributed by atoms with Crippen LogP contribution in [0.2, 0.25) is 0 Å². The smallest absolute Gasteiger partial charge is 0.407 e. The van der Waals surface area contributed by atoms with Crippen LogP contribution in [-0.4, -0.2) is 35.7 Å². The van der Waals surface area contributed by atoms with Crippen molar-refractivity contribution in [3.8, 4) is 11.1 Å². The molecule has 0 radical (unpaired) electrons. The van der Waals surface area contributed by atoms with E-state index in [0.29, 0.717) is 4.99 Å². The zero-order valence-electron chi connectivity index (χ0n) is 19.7. The first kappa shape index (κ1) is 24.4. The number of nitrogens with one attached hydrogen (secondary N) is 2. The molecule has 0 saturated carbocycles. The molecule has 35 heavy (non-hydrogen) atoms. The highest BCUT2D eigenvalue weighted by Crippen LogP contribution is 2.44. The summed E-state index contributed by atoms with van der Waals surface area (Å²) in [5.74, 6) is -0.447. The van der Waals surface area contributed by atoms with Gasteiger partial charge in [-0.15, -0.1) is 0 Å². The maximum absolute atomic E-state index is 12.5. The van der Waals surface area contributed by atoms with Crippen molar-refractivity contribution in [1.82, 2.24) is 10.6 Å². The molecule has 3 aromatic carbocycles. The zero-order chi connectivity index (χ0) is 24.8. The number of rotatable bonds is 8.